The molecule has 2 N–H and O–H groups in total. The van der Waals surface area contributed by atoms with E-state index in [0.29, 0.717) is 16.1 Å². The average Bonchev–Trinajstić information content (AvgIpc) is 2.49. The molecule has 0 fully saturated rings. The monoisotopic (exact) mass is 338 g/mol. The lowest BCUT2D eigenvalue weighted by Crippen LogP contribution is -1.99. The predicted molar refractivity (Wildman–Crippen MR) is 86.6 cm³/mol. The standard InChI is InChI=1S/C16H12Cl2O4/c1-22-14-8-9(7-13(18)15(14)19)6-12(16(20)21)10-2-4-11(17)5-3-10/h2-8,19H,1H3,(H,20,21)/b12-6-. The molecule has 0 atom stereocenters. The molecule has 4 nitrogen and oxygen atoms in total. The van der Waals surface area contributed by atoms with Crippen LogP contribution >= 0.6 is 23.2 Å². The number of carbonyl (C=O) groups is 1. The van der Waals surface area contributed by atoms with E-state index >= 15 is 0 Å². The van der Waals surface area contributed by atoms with Crippen molar-refractivity contribution in [3.05, 3.63) is 57.6 Å². The molecule has 0 heterocycles. The second kappa shape index (κ2) is 6.73. The predicted octanol–water partition coefficient (Wildman–Crippen LogP) is 4.33. The zero-order chi connectivity index (χ0) is 16.3. The maximum atomic E-state index is 11.5. The van der Waals surface area contributed by atoms with Gasteiger partial charge in [-0.2, -0.15) is 0 Å². The van der Waals surface area contributed by atoms with Crippen LogP contribution in [0.15, 0.2) is 36.4 Å². The van der Waals surface area contributed by atoms with Gasteiger partial charge < -0.3 is 14.9 Å². The van der Waals surface area contributed by atoms with Crippen LogP contribution in [0.2, 0.25) is 10.0 Å². The number of halogens is 2. The molecule has 0 aliphatic rings. The van der Waals surface area contributed by atoms with Crippen molar-refractivity contribution in [1.29, 1.82) is 0 Å². The van der Waals surface area contributed by atoms with Crippen LogP contribution in [0, 0.1) is 0 Å². The Hall–Kier alpha value is -2.17. The molecule has 2 aromatic carbocycles. The van der Waals surface area contributed by atoms with Gasteiger partial charge in [0, 0.05) is 5.02 Å². The first kappa shape index (κ1) is 16.2. The third kappa shape index (κ3) is 3.53. The minimum atomic E-state index is -1.09. The number of benzene rings is 2. The maximum Gasteiger partial charge on any atom is 0.336 e. The Bertz CT molecular complexity index is 737. The molecule has 0 saturated carbocycles. The van der Waals surface area contributed by atoms with E-state index in [1.54, 1.807) is 24.3 Å². The molecule has 0 radical (unpaired) electrons. The molecule has 2 rings (SSSR count). The Morgan fingerprint density at radius 2 is 1.82 bits per heavy atom. The van der Waals surface area contributed by atoms with E-state index < -0.39 is 5.97 Å². The van der Waals surface area contributed by atoms with Gasteiger partial charge in [0.05, 0.1) is 17.7 Å². The number of hydrogen-bond acceptors (Lipinski definition) is 3. The van der Waals surface area contributed by atoms with Gasteiger partial charge in [-0.1, -0.05) is 35.3 Å². The van der Waals surface area contributed by atoms with Crippen LogP contribution in [-0.2, 0) is 4.79 Å². The van der Waals surface area contributed by atoms with Crippen molar-refractivity contribution >= 4 is 40.8 Å². The normalized spacial score (nSPS) is 11.3. The molecule has 0 saturated heterocycles. The van der Waals surface area contributed by atoms with Gasteiger partial charge in [-0.15, -0.1) is 0 Å². The number of rotatable bonds is 4. The largest absolute Gasteiger partial charge is 0.503 e. The van der Waals surface area contributed by atoms with Gasteiger partial charge in [-0.05, 0) is 41.5 Å². The summed E-state index contributed by atoms with van der Waals surface area (Å²) in [4.78, 5) is 11.5. The van der Waals surface area contributed by atoms with Crippen LogP contribution in [0.3, 0.4) is 0 Å². The Morgan fingerprint density at radius 3 is 2.36 bits per heavy atom. The third-order valence-electron chi connectivity index (χ3n) is 2.97. The van der Waals surface area contributed by atoms with Gasteiger partial charge in [-0.3, -0.25) is 0 Å². The molecule has 0 aliphatic heterocycles. The van der Waals surface area contributed by atoms with Gasteiger partial charge in [-0.25, -0.2) is 4.79 Å². The number of aromatic hydroxyl groups is 1. The zero-order valence-corrected chi connectivity index (χ0v) is 13.0. The lowest BCUT2D eigenvalue weighted by atomic mass is 10.0. The highest BCUT2D eigenvalue weighted by molar-refractivity contribution is 6.32. The Labute approximate surface area is 137 Å². The number of aliphatic carboxylic acids is 1. The molecule has 0 aliphatic carbocycles. The zero-order valence-electron chi connectivity index (χ0n) is 11.5. The fourth-order valence-corrected chi connectivity index (χ4v) is 2.24. The maximum absolute atomic E-state index is 11.5. The van der Waals surface area contributed by atoms with Crippen LogP contribution in [0.4, 0.5) is 0 Å². The number of carboxylic acids is 1. The smallest absolute Gasteiger partial charge is 0.336 e. The SMILES string of the molecule is COc1cc(/C=C(\C(=O)O)c2ccc(Cl)cc2)cc(Cl)c1O. The van der Waals surface area contributed by atoms with Gasteiger partial charge in [0.25, 0.3) is 0 Å². The van der Waals surface area contributed by atoms with E-state index in [-0.39, 0.29) is 22.1 Å². The molecule has 6 heteroatoms. The Balaban J connectivity index is 2.53. The lowest BCUT2D eigenvalue weighted by molar-refractivity contribution is -0.130. The minimum Gasteiger partial charge on any atom is -0.503 e. The van der Waals surface area contributed by atoms with Crippen LogP contribution < -0.4 is 4.74 Å². The highest BCUT2D eigenvalue weighted by atomic mass is 35.5. The van der Waals surface area contributed by atoms with Crippen LogP contribution in [0.5, 0.6) is 11.5 Å². The van der Waals surface area contributed by atoms with Crippen molar-refractivity contribution in [1.82, 2.24) is 0 Å². The molecule has 114 valence electrons. The van der Waals surface area contributed by atoms with Crippen molar-refractivity contribution in [2.75, 3.05) is 7.11 Å². The van der Waals surface area contributed by atoms with Crippen molar-refractivity contribution in [3.63, 3.8) is 0 Å². The second-order valence-corrected chi connectivity index (χ2v) is 5.27. The minimum absolute atomic E-state index is 0.0699. The summed E-state index contributed by atoms with van der Waals surface area (Å²) < 4.78 is 5.00. The summed E-state index contributed by atoms with van der Waals surface area (Å²) in [6.45, 7) is 0. The number of phenols is 1. The fourth-order valence-electron chi connectivity index (χ4n) is 1.90. The van der Waals surface area contributed by atoms with Crippen molar-refractivity contribution in [3.8, 4) is 11.5 Å². The molecule has 0 amide bonds. The summed E-state index contributed by atoms with van der Waals surface area (Å²) in [7, 11) is 1.39. The Morgan fingerprint density at radius 1 is 1.18 bits per heavy atom. The van der Waals surface area contributed by atoms with E-state index in [4.69, 9.17) is 27.9 Å². The molecule has 0 aromatic heterocycles. The first-order valence-electron chi connectivity index (χ1n) is 6.20. The van der Waals surface area contributed by atoms with E-state index in [1.165, 1.54) is 25.3 Å². The van der Waals surface area contributed by atoms with E-state index in [0.717, 1.165) is 0 Å². The molecule has 2 aromatic rings. The number of phenolic OH excluding ortho intramolecular Hbond substituents is 1. The third-order valence-corrected chi connectivity index (χ3v) is 3.51. The molecule has 22 heavy (non-hydrogen) atoms. The van der Waals surface area contributed by atoms with Crippen molar-refractivity contribution in [2.24, 2.45) is 0 Å². The fraction of sp³-hybridized carbons (Fsp3) is 0.0625. The molecular formula is C16H12Cl2O4. The number of ether oxygens (including phenoxy) is 1. The summed E-state index contributed by atoms with van der Waals surface area (Å²) in [5.74, 6) is -1.12. The van der Waals surface area contributed by atoms with E-state index in [1.807, 2.05) is 0 Å². The molecule has 0 spiro atoms. The van der Waals surface area contributed by atoms with Crippen LogP contribution in [0.1, 0.15) is 11.1 Å². The first-order chi connectivity index (χ1) is 10.4. The highest BCUT2D eigenvalue weighted by Crippen LogP contribution is 2.36. The van der Waals surface area contributed by atoms with Gasteiger partial charge in [0.1, 0.15) is 0 Å². The van der Waals surface area contributed by atoms with Gasteiger partial charge >= 0.3 is 5.97 Å². The Kier molecular flexibility index (Phi) is 4.96. The second-order valence-electron chi connectivity index (χ2n) is 4.42. The topological polar surface area (TPSA) is 66.8 Å². The summed E-state index contributed by atoms with van der Waals surface area (Å²) in [5, 5.41) is 19.7. The highest BCUT2D eigenvalue weighted by Gasteiger charge is 2.13. The quantitative estimate of drug-likeness (QED) is 0.643. The average molecular weight is 339 g/mol. The number of hydrogen-bond donors (Lipinski definition) is 2. The number of methoxy groups -OCH3 is 1. The van der Waals surface area contributed by atoms with Crippen LogP contribution in [-0.4, -0.2) is 23.3 Å². The summed E-state index contributed by atoms with van der Waals surface area (Å²) >= 11 is 11.7. The first-order valence-corrected chi connectivity index (χ1v) is 6.95. The summed E-state index contributed by atoms with van der Waals surface area (Å²) in [6, 6.07) is 9.40. The van der Waals surface area contributed by atoms with Gasteiger partial charge in [0.2, 0.25) is 0 Å². The van der Waals surface area contributed by atoms with Crippen molar-refractivity contribution < 1.29 is 19.7 Å². The molecule has 0 bridgehead atoms. The van der Waals surface area contributed by atoms with E-state index in [9.17, 15) is 15.0 Å². The molecular weight excluding hydrogens is 327 g/mol. The van der Waals surface area contributed by atoms with Gasteiger partial charge in [0.15, 0.2) is 11.5 Å². The lowest BCUT2D eigenvalue weighted by Gasteiger charge is -2.08. The summed E-state index contributed by atoms with van der Waals surface area (Å²) in [5.41, 5.74) is 1.06. The molecule has 0 unspecified atom stereocenters. The number of carboxylic acid groups (broad SMARTS) is 1. The summed E-state index contributed by atoms with van der Waals surface area (Å²) in [6.07, 6.45) is 1.44. The van der Waals surface area contributed by atoms with Crippen molar-refractivity contribution in [2.45, 2.75) is 0 Å². The van der Waals surface area contributed by atoms with Crippen LogP contribution in [0.25, 0.3) is 11.6 Å². The van der Waals surface area contributed by atoms with E-state index in [2.05, 4.69) is 0 Å².